The van der Waals surface area contributed by atoms with Crippen molar-refractivity contribution in [2.75, 3.05) is 26.7 Å². The maximum Gasteiger partial charge on any atom is 0.277 e. The third-order valence-electron chi connectivity index (χ3n) is 6.44. The lowest BCUT2D eigenvalue weighted by Gasteiger charge is -2.19. The summed E-state index contributed by atoms with van der Waals surface area (Å²) in [6, 6.07) is 4.22. The van der Waals surface area contributed by atoms with Gasteiger partial charge in [-0.15, -0.1) is 0 Å². The van der Waals surface area contributed by atoms with Gasteiger partial charge in [0.05, 0.1) is 22.8 Å². The first kappa shape index (κ1) is 23.6. The number of nitrogens with one attached hydrogen (secondary N) is 2. The minimum absolute atomic E-state index is 0.0362. The van der Waals surface area contributed by atoms with Crippen molar-refractivity contribution in [1.29, 1.82) is 0 Å². The quantitative estimate of drug-likeness (QED) is 0.400. The Kier molecular flexibility index (Phi) is 7.29. The van der Waals surface area contributed by atoms with Crippen molar-refractivity contribution in [3.8, 4) is 17.1 Å². The van der Waals surface area contributed by atoms with E-state index in [0.717, 1.165) is 32.2 Å². The van der Waals surface area contributed by atoms with Gasteiger partial charge in [0.15, 0.2) is 5.52 Å². The van der Waals surface area contributed by atoms with Gasteiger partial charge in [-0.25, -0.2) is 18.1 Å². The van der Waals surface area contributed by atoms with Crippen LogP contribution in [0.25, 0.3) is 22.4 Å². The molecule has 11 heteroatoms. The van der Waals surface area contributed by atoms with Gasteiger partial charge in [-0.2, -0.15) is 5.10 Å². The molecule has 0 bridgehead atoms. The fourth-order valence-electron chi connectivity index (χ4n) is 4.53. The number of hydrogen-bond acceptors (Lipinski definition) is 7. The van der Waals surface area contributed by atoms with Gasteiger partial charge in [-0.3, -0.25) is 9.48 Å². The number of nitrogens with zero attached hydrogens (tertiary/aromatic N) is 4. The fourth-order valence-corrected chi connectivity index (χ4v) is 5.44. The van der Waals surface area contributed by atoms with Crippen molar-refractivity contribution < 1.29 is 15.9 Å². The molecule has 1 fully saturated rings. The molecule has 36 heavy (non-hydrogen) atoms. The molecular formula is C25H36N6O4S. The largest absolute Gasteiger partial charge is 0.493 e. The summed E-state index contributed by atoms with van der Waals surface area (Å²) in [5.74, 6) is 0.524. The van der Waals surface area contributed by atoms with Gasteiger partial charge >= 0.3 is 0 Å². The van der Waals surface area contributed by atoms with Crippen molar-refractivity contribution in [2.45, 2.75) is 63.3 Å². The number of hydrogen-bond donors (Lipinski definition) is 2. The molecule has 2 N–H and O–H groups in total. The number of sulfonamides is 1. The minimum atomic E-state index is -4.25. The van der Waals surface area contributed by atoms with Crippen LogP contribution in [0, 0.1) is 0 Å². The summed E-state index contributed by atoms with van der Waals surface area (Å²) in [4.78, 5) is 22.3. The van der Waals surface area contributed by atoms with E-state index in [-0.39, 0.29) is 23.2 Å². The predicted octanol–water partition coefficient (Wildman–Crippen LogP) is 2.83. The Morgan fingerprint density at radius 3 is 2.78 bits per heavy atom. The number of likely N-dealkylation sites (tertiary alicyclic amines) is 1. The molecule has 1 unspecified atom stereocenters. The first-order valence-electron chi connectivity index (χ1n) is 13.4. The van der Waals surface area contributed by atoms with Crippen molar-refractivity contribution in [3.63, 3.8) is 0 Å². The van der Waals surface area contributed by atoms with E-state index in [4.69, 9.17) is 7.48 Å². The Bertz CT molecular complexity index is 1470. The Hall–Kier alpha value is -2.76. The molecule has 0 saturated carbocycles. The Balaban J connectivity index is 1.75. The normalized spacial score (nSPS) is 17.9. The summed E-state index contributed by atoms with van der Waals surface area (Å²) in [5, 5.41) is 4.44. The van der Waals surface area contributed by atoms with Gasteiger partial charge in [0, 0.05) is 22.3 Å². The maximum atomic E-state index is 13.3. The lowest BCUT2D eigenvalue weighted by atomic mass is 10.1. The molecule has 1 aliphatic heterocycles. The summed E-state index contributed by atoms with van der Waals surface area (Å²) < 4.78 is 53.0. The van der Waals surface area contributed by atoms with E-state index in [1.54, 1.807) is 7.05 Å². The van der Waals surface area contributed by atoms with E-state index < -0.39 is 22.1 Å². The molecule has 1 aliphatic rings. The number of rotatable bonds is 11. The molecule has 3 aromatic rings. The third kappa shape index (κ3) is 5.47. The topological polar surface area (TPSA) is 122 Å². The molecule has 0 aliphatic carbocycles. The first-order valence-corrected chi connectivity index (χ1v) is 13.9. The molecule has 1 atom stereocenters. The minimum Gasteiger partial charge on any atom is -0.493 e. The van der Waals surface area contributed by atoms with Crippen molar-refractivity contribution in [3.05, 3.63) is 34.2 Å². The highest BCUT2D eigenvalue weighted by molar-refractivity contribution is 7.89. The lowest BCUT2D eigenvalue weighted by molar-refractivity contribution is 0.297. The van der Waals surface area contributed by atoms with E-state index >= 15 is 0 Å². The van der Waals surface area contributed by atoms with Gasteiger partial charge < -0.3 is 14.6 Å². The summed E-state index contributed by atoms with van der Waals surface area (Å²) in [5.41, 5.74) is 1.38. The van der Waals surface area contributed by atoms with Crippen LogP contribution in [-0.2, 0) is 23.5 Å². The first-order chi connectivity index (χ1) is 18.0. The van der Waals surface area contributed by atoms with Crippen LogP contribution >= 0.6 is 0 Å². The summed E-state index contributed by atoms with van der Waals surface area (Å²) in [6.07, 6.45) is 4.00. The molecule has 2 aromatic heterocycles. The van der Waals surface area contributed by atoms with Crippen LogP contribution in [0.15, 0.2) is 27.9 Å². The van der Waals surface area contributed by atoms with Gasteiger partial charge in [-0.05, 0) is 63.9 Å². The third-order valence-corrected chi connectivity index (χ3v) is 7.73. The standard InChI is InChI=1S/C25H36N6O4S/c1-5-8-20-22-23(31(4)29-20)25(32)28-24(27-22)19-16-18(10-11-21(19)35-15-6-2)36(33,34)26-13-12-17-9-7-14-30(17)3/h10-11,16-17,26H,5-9,12-15H2,1-4H3,(H,27,28,32)/i13D2. The average molecular weight is 519 g/mol. The van der Waals surface area contributed by atoms with E-state index in [2.05, 4.69) is 19.8 Å². The van der Waals surface area contributed by atoms with Gasteiger partial charge in [0.25, 0.3) is 5.56 Å². The number of aromatic amines is 1. The molecular weight excluding hydrogens is 480 g/mol. The Labute approximate surface area is 214 Å². The molecule has 0 radical (unpaired) electrons. The highest BCUT2D eigenvalue weighted by Crippen LogP contribution is 2.31. The van der Waals surface area contributed by atoms with Crippen LogP contribution in [0.4, 0.5) is 0 Å². The second-order valence-corrected chi connectivity index (χ2v) is 10.9. The fraction of sp³-hybridized carbons (Fsp3) is 0.560. The zero-order valence-electron chi connectivity index (χ0n) is 23.3. The zero-order valence-corrected chi connectivity index (χ0v) is 22.1. The Morgan fingerprint density at radius 1 is 1.28 bits per heavy atom. The van der Waals surface area contributed by atoms with E-state index in [0.29, 0.717) is 41.1 Å². The molecule has 196 valence electrons. The molecule has 10 nitrogen and oxygen atoms in total. The molecule has 0 amide bonds. The highest BCUT2D eigenvalue weighted by atomic mass is 32.2. The lowest BCUT2D eigenvalue weighted by Crippen LogP contribution is -2.31. The molecule has 1 aromatic carbocycles. The van der Waals surface area contributed by atoms with Gasteiger partial charge in [0.1, 0.15) is 17.1 Å². The number of H-pyrrole nitrogens is 1. The number of fused-ring (bicyclic) bond motifs is 1. The second-order valence-electron chi connectivity index (χ2n) is 9.20. The van der Waals surface area contributed by atoms with Crippen molar-refractivity contribution >= 4 is 21.1 Å². The number of aryl methyl sites for hydroxylation is 2. The summed E-state index contributed by atoms with van der Waals surface area (Å²) in [7, 11) is -0.642. The zero-order chi connectivity index (χ0) is 27.7. The van der Waals surface area contributed by atoms with E-state index in [1.807, 2.05) is 25.8 Å². The average Bonchev–Trinajstić information content (AvgIpc) is 3.38. The van der Waals surface area contributed by atoms with Gasteiger partial charge in [0.2, 0.25) is 10.0 Å². The summed E-state index contributed by atoms with van der Waals surface area (Å²) >= 11 is 0. The number of ether oxygens (including phenoxy) is 1. The molecule has 0 spiro atoms. The van der Waals surface area contributed by atoms with Crippen LogP contribution in [0.5, 0.6) is 5.75 Å². The van der Waals surface area contributed by atoms with Crippen LogP contribution in [0.1, 0.15) is 54.4 Å². The van der Waals surface area contributed by atoms with Crippen LogP contribution in [0.3, 0.4) is 0 Å². The van der Waals surface area contributed by atoms with Crippen LogP contribution < -0.4 is 15.0 Å². The molecule has 1 saturated heterocycles. The highest BCUT2D eigenvalue weighted by Gasteiger charge is 2.23. The monoisotopic (exact) mass is 518 g/mol. The smallest absolute Gasteiger partial charge is 0.277 e. The number of aromatic nitrogens is 4. The van der Waals surface area contributed by atoms with Crippen molar-refractivity contribution in [1.82, 2.24) is 29.4 Å². The van der Waals surface area contributed by atoms with E-state index in [9.17, 15) is 13.2 Å². The SMILES string of the molecule is [2H]C([2H])(CC1CCCN1C)NS(=O)(=O)c1ccc(OCCC)c(-c2nc3c(CCC)nn(C)c3c(=O)[nH]2)c1. The predicted molar refractivity (Wildman–Crippen MR) is 140 cm³/mol. The second kappa shape index (κ2) is 11.1. The Morgan fingerprint density at radius 2 is 2.08 bits per heavy atom. The van der Waals surface area contributed by atoms with Crippen LogP contribution in [0.2, 0.25) is 0 Å². The van der Waals surface area contributed by atoms with Crippen molar-refractivity contribution in [2.24, 2.45) is 7.05 Å². The number of benzene rings is 1. The molecule has 4 rings (SSSR count). The summed E-state index contributed by atoms with van der Waals surface area (Å²) in [6.45, 7) is 3.06. The van der Waals surface area contributed by atoms with Gasteiger partial charge in [-0.1, -0.05) is 20.3 Å². The van der Waals surface area contributed by atoms with Crippen LogP contribution in [-0.4, -0.2) is 65.8 Å². The van der Waals surface area contributed by atoms with E-state index in [1.165, 1.54) is 22.9 Å². The molecule has 3 heterocycles. The maximum absolute atomic E-state index is 13.3.